The Labute approximate surface area is 71.9 Å². The Bertz CT molecular complexity index is 287. The zero-order chi connectivity index (χ0) is 8.82. The van der Waals surface area contributed by atoms with E-state index in [1.165, 1.54) is 0 Å². The summed E-state index contributed by atoms with van der Waals surface area (Å²) in [4.78, 5) is 0. The molecule has 0 aromatic heterocycles. The Morgan fingerprint density at radius 3 is 2.92 bits per heavy atom. The molecule has 0 bridgehead atoms. The largest absolute Gasteiger partial charge is 0.396 e. The molecule has 70 valence electrons. The van der Waals surface area contributed by atoms with Gasteiger partial charge >= 0.3 is 0 Å². The van der Waals surface area contributed by atoms with Gasteiger partial charge in [-0.2, -0.15) is 0 Å². The van der Waals surface area contributed by atoms with Crippen LogP contribution in [-0.4, -0.2) is 44.2 Å². The average Bonchev–Trinajstić information content (AvgIpc) is 2.40. The van der Waals surface area contributed by atoms with Gasteiger partial charge in [0.2, 0.25) is 0 Å². The van der Waals surface area contributed by atoms with Crippen molar-refractivity contribution in [3.05, 3.63) is 0 Å². The lowest BCUT2D eigenvalue weighted by atomic mass is 9.85. The molecule has 2 atom stereocenters. The van der Waals surface area contributed by atoms with Crippen LogP contribution in [-0.2, 0) is 9.84 Å². The van der Waals surface area contributed by atoms with E-state index in [1.807, 2.05) is 0 Å². The van der Waals surface area contributed by atoms with E-state index in [0.29, 0.717) is 0 Å². The minimum Gasteiger partial charge on any atom is -0.396 e. The van der Waals surface area contributed by atoms with Gasteiger partial charge in [-0.1, -0.05) is 0 Å². The number of hydrogen-bond donors (Lipinski definition) is 2. The van der Waals surface area contributed by atoms with Crippen LogP contribution < -0.4 is 5.32 Å². The molecule has 2 N–H and O–H groups in total. The lowest BCUT2D eigenvalue weighted by molar-refractivity contribution is 0.145. The predicted octanol–water partition coefficient (Wildman–Crippen LogP) is -1.24. The maximum atomic E-state index is 11.3. The van der Waals surface area contributed by atoms with Gasteiger partial charge in [0, 0.05) is 11.5 Å². The first kappa shape index (κ1) is 8.47. The van der Waals surface area contributed by atoms with Crippen molar-refractivity contribution in [2.45, 2.75) is 12.5 Å². The molecule has 4 nitrogen and oxygen atoms in total. The van der Waals surface area contributed by atoms with Gasteiger partial charge in [0.25, 0.3) is 0 Å². The minimum absolute atomic E-state index is 0.00694. The molecule has 0 spiro atoms. The second kappa shape index (κ2) is 2.43. The van der Waals surface area contributed by atoms with Gasteiger partial charge in [0.1, 0.15) is 0 Å². The fourth-order valence-electron chi connectivity index (χ4n) is 2.28. The molecule has 2 heterocycles. The second-order valence-corrected chi connectivity index (χ2v) is 5.94. The normalized spacial score (nSPS) is 44.6. The third-order valence-electron chi connectivity index (χ3n) is 3.00. The fraction of sp³-hybridized carbons (Fsp3) is 1.00. The summed E-state index contributed by atoms with van der Waals surface area (Å²) in [5.41, 5.74) is -0.362. The number of hydrogen-bond acceptors (Lipinski definition) is 4. The minimum atomic E-state index is -2.90. The number of rotatable bonds is 1. The van der Waals surface area contributed by atoms with Gasteiger partial charge in [-0.15, -0.1) is 0 Å². The van der Waals surface area contributed by atoms with Crippen molar-refractivity contribution >= 4 is 9.84 Å². The Morgan fingerprint density at radius 1 is 1.58 bits per heavy atom. The number of nitrogens with one attached hydrogen (secondary N) is 1. The highest BCUT2D eigenvalue weighted by molar-refractivity contribution is 7.91. The molecule has 2 aliphatic heterocycles. The molecule has 0 amide bonds. The van der Waals surface area contributed by atoms with Crippen LogP contribution in [0.2, 0.25) is 0 Å². The highest BCUT2D eigenvalue weighted by Gasteiger charge is 2.52. The van der Waals surface area contributed by atoms with Gasteiger partial charge in [-0.05, 0) is 13.0 Å². The van der Waals surface area contributed by atoms with E-state index in [0.717, 1.165) is 13.0 Å². The summed E-state index contributed by atoms with van der Waals surface area (Å²) in [6.07, 6.45) is 0.785. The standard InChI is InChI=1S/C7H13NO3S/c9-4-7-1-2-8-6(7)3-12(10,11)5-7/h6,8-9H,1-5H2. The maximum absolute atomic E-state index is 11.3. The molecular weight excluding hydrogens is 178 g/mol. The number of aliphatic hydroxyl groups is 1. The molecule has 5 heteroatoms. The zero-order valence-electron chi connectivity index (χ0n) is 6.78. The first-order valence-electron chi connectivity index (χ1n) is 4.13. The van der Waals surface area contributed by atoms with Crippen LogP contribution >= 0.6 is 0 Å². The maximum Gasteiger partial charge on any atom is 0.152 e. The van der Waals surface area contributed by atoms with Crippen LogP contribution in [0, 0.1) is 5.41 Å². The van der Waals surface area contributed by atoms with Crippen molar-refractivity contribution in [1.82, 2.24) is 5.32 Å². The van der Waals surface area contributed by atoms with E-state index in [1.54, 1.807) is 0 Å². The number of aliphatic hydroxyl groups excluding tert-OH is 1. The zero-order valence-corrected chi connectivity index (χ0v) is 7.60. The summed E-state index contributed by atoms with van der Waals surface area (Å²) in [5, 5.41) is 12.3. The van der Waals surface area contributed by atoms with Crippen molar-refractivity contribution in [3.63, 3.8) is 0 Å². The SMILES string of the molecule is O=S1(=O)CC2NCCC2(CO)C1. The molecule has 2 saturated heterocycles. The monoisotopic (exact) mass is 191 g/mol. The Hall–Kier alpha value is -0.130. The molecule has 2 aliphatic rings. The summed E-state index contributed by atoms with van der Waals surface area (Å²) in [7, 11) is -2.90. The molecule has 0 radical (unpaired) electrons. The first-order valence-corrected chi connectivity index (χ1v) is 5.95. The topological polar surface area (TPSA) is 66.4 Å². The van der Waals surface area contributed by atoms with E-state index >= 15 is 0 Å². The van der Waals surface area contributed by atoms with Crippen molar-refractivity contribution in [2.75, 3.05) is 24.7 Å². The van der Waals surface area contributed by atoms with Crippen molar-refractivity contribution < 1.29 is 13.5 Å². The molecule has 0 aliphatic carbocycles. The third kappa shape index (κ3) is 1.08. The van der Waals surface area contributed by atoms with Gasteiger partial charge in [0.05, 0.1) is 18.1 Å². The fourth-order valence-corrected chi connectivity index (χ4v) is 4.69. The van der Waals surface area contributed by atoms with E-state index < -0.39 is 9.84 Å². The molecule has 0 aromatic carbocycles. The van der Waals surface area contributed by atoms with E-state index in [4.69, 9.17) is 5.11 Å². The summed E-state index contributed by atoms with van der Waals surface area (Å²) in [6.45, 7) is 0.824. The van der Waals surface area contributed by atoms with Crippen molar-refractivity contribution in [2.24, 2.45) is 5.41 Å². The molecular formula is C7H13NO3S. The first-order chi connectivity index (χ1) is 5.58. The molecule has 12 heavy (non-hydrogen) atoms. The van der Waals surface area contributed by atoms with Crippen LogP contribution in [0.25, 0.3) is 0 Å². The van der Waals surface area contributed by atoms with Crippen molar-refractivity contribution in [3.8, 4) is 0 Å². The second-order valence-electron chi connectivity index (χ2n) is 3.83. The smallest absolute Gasteiger partial charge is 0.152 e. The Balaban J connectivity index is 2.32. The average molecular weight is 191 g/mol. The summed E-state index contributed by atoms with van der Waals surface area (Å²) < 4.78 is 22.5. The van der Waals surface area contributed by atoms with Crippen LogP contribution in [0.3, 0.4) is 0 Å². The van der Waals surface area contributed by atoms with Gasteiger partial charge in [-0.3, -0.25) is 0 Å². The lowest BCUT2D eigenvalue weighted by Gasteiger charge is -2.23. The molecule has 0 aromatic rings. The Kier molecular flexibility index (Phi) is 1.72. The van der Waals surface area contributed by atoms with E-state index in [9.17, 15) is 8.42 Å². The van der Waals surface area contributed by atoms with E-state index in [-0.39, 0.29) is 29.6 Å². The molecule has 2 rings (SSSR count). The molecule has 2 fully saturated rings. The molecule has 2 unspecified atom stereocenters. The van der Waals surface area contributed by atoms with Crippen LogP contribution in [0.15, 0.2) is 0 Å². The quantitative estimate of drug-likeness (QED) is 0.544. The van der Waals surface area contributed by atoms with Crippen LogP contribution in [0.1, 0.15) is 6.42 Å². The summed E-state index contributed by atoms with van der Waals surface area (Å²) >= 11 is 0. The van der Waals surface area contributed by atoms with Crippen molar-refractivity contribution in [1.29, 1.82) is 0 Å². The van der Waals surface area contributed by atoms with Crippen LogP contribution in [0.5, 0.6) is 0 Å². The third-order valence-corrected chi connectivity index (χ3v) is 4.85. The van der Waals surface area contributed by atoms with Gasteiger partial charge < -0.3 is 10.4 Å². The van der Waals surface area contributed by atoms with Gasteiger partial charge in [0.15, 0.2) is 9.84 Å². The van der Waals surface area contributed by atoms with Gasteiger partial charge in [-0.25, -0.2) is 8.42 Å². The Morgan fingerprint density at radius 2 is 2.33 bits per heavy atom. The highest BCUT2D eigenvalue weighted by Crippen LogP contribution is 2.38. The molecule has 0 saturated carbocycles. The summed E-state index contributed by atoms with van der Waals surface area (Å²) in [5.74, 6) is 0.363. The number of fused-ring (bicyclic) bond motifs is 1. The predicted molar refractivity (Wildman–Crippen MR) is 44.6 cm³/mol. The van der Waals surface area contributed by atoms with Crippen LogP contribution in [0.4, 0.5) is 0 Å². The number of sulfone groups is 1. The summed E-state index contributed by atoms with van der Waals surface area (Å²) in [6, 6.07) is -0.00694. The lowest BCUT2D eigenvalue weighted by Crippen LogP contribution is -2.37. The van der Waals surface area contributed by atoms with E-state index in [2.05, 4.69) is 5.32 Å². The highest BCUT2D eigenvalue weighted by atomic mass is 32.2.